The van der Waals surface area contributed by atoms with Crippen molar-refractivity contribution in [2.75, 3.05) is 52.6 Å². The summed E-state index contributed by atoms with van der Waals surface area (Å²) in [5.41, 5.74) is 0. The van der Waals surface area contributed by atoms with E-state index >= 15 is 0 Å². The van der Waals surface area contributed by atoms with Crippen molar-refractivity contribution in [2.45, 2.75) is 37.1 Å². The number of likely N-dealkylation sites (N-methyl/N-ethyl adjacent to an activating group) is 1. The van der Waals surface area contributed by atoms with Gasteiger partial charge in [-0.3, -0.25) is 4.79 Å². The first-order valence-corrected chi connectivity index (χ1v) is 11.2. The molecule has 1 amide bonds. The Morgan fingerprint density at radius 1 is 1.24 bits per heavy atom. The lowest BCUT2D eigenvalue weighted by Crippen LogP contribution is -2.49. The predicted molar refractivity (Wildman–Crippen MR) is 134 cm³/mol. The summed E-state index contributed by atoms with van der Waals surface area (Å²) in [4.78, 5) is 21.8. The maximum atomic E-state index is 11.9. The van der Waals surface area contributed by atoms with Gasteiger partial charge in [-0.2, -0.15) is 0 Å². The van der Waals surface area contributed by atoms with Crippen molar-refractivity contribution in [1.29, 1.82) is 0 Å². The molecule has 0 bridgehead atoms. The maximum absolute atomic E-state index is 11.9. The molecule has 8 heteroatoms. The molecule has 1 aromatic rings. The Morgan fingerprint density at radius 3 is 2.55 bits per heavy atom. The molecule has 1 aliphatic heterocycles. The Hall–Kier alpha value is -1.000. The molecular weight excluding hydrogens is 497 g/mol. The van der Waals surface area contributed by atoms with Crippen LogP contribution in [0.1, 0.15) is 26.2 Å². The molecule has 1 fully saturated rings. The Labute approximate surface area is 197 Å². The van der Waals surface area contributed by atoms with Gasteiger partial charge in [0, 0.05) is 50.4 Å². The highest BCUT2D eigenvalue weighted by molar-refractivity contribution is 14.0. The number of carbonyl (C=O) groups is 1. The summed E-state index contributed by atoms with van der Waals surface area (Å²) in [5, 5.41) is 6.95. The number of hydrogen-bond acceptors (Lipinski definition) is 4. The van der Waals surface area contributed by atoms with Crippen LogP contribution >= 0.6 is 35.7 Å². The van der Waals surface area contributed by atoms with Crippen LogP contribution in [0.3, 0.4) is 0 Å². The number of likely N-dealkylation sites (tertiary alicyclic amines) is 1. The van der Waals surface area contributed by atoms with Crippen LogP contribution < -0.4 is 10.6 Å². The van der Waals surface area contributed by atoms with E-state index in [-0.39, 0.29) is 36.4 Å². The van der Waals surface area contributed by atoms with Gasteiger partial charge in [-0.15, -0.1) is 35.7 Å². The van der Waals surface area contributed by atoms with Gasteiger partial charge in [0.05, 0.1) is 0 Å². The Balaban J connectivity index is 0.00000420. The molecule has 0 radical (unpaired) electrons. The molecule has 0 saturated carbocycles. The summed E-state index contributed by atoms with van der Waals surface area (Å²) in [5.74, 6) is 1.71. The van der Waals surface area contributed by atoms with Crippen LogP contribution in [0.4, 0.5) is 0 Å². The topological polar surface area (TPSA) is 60.0 Å². The molecule has 164 valence electrons. The van der Waals surface area contributed by atoms with E-state index in [2.05, 4.69) is 51.7 Å². The van der Waals surface area contributed by atoms with Crippen molar-refractivity contribution in [3.63, 3.8) is 0 Å². The highest BCUT2D eigenvalue weighted by Crippen LogP contribution is 2.15. The van der Waals surface area contributed by atoms with E-state index in [1.54, 1.807) is 19.0 Å². The fourth-order valence-electron chi connectivity index (χ4n) is 3.11. The van der Waals surface area contributed by atoms with Gasteiger partial charge in [-0.1, -0.05) is 25.1 Å². The molecule has 1 saturated heterocycles. The van der Waals surface area contributed by atoms with Gasteiger partial charge in [0.2, 0.25) is 5.91 Å². The van der Waals surface area contributed by atoms with Gasteiger partial charge in [0.25, 0.3) is 0 Å². The molecule has 0 unspecified atom stereocenters. The zero-order valence-corrected chi connectivity index (χ0v) is 21.0. The van der Waals surface area contributed by atoms with Crippen molar-refractivity contribution in [1.82, 2.24) is 20.4 Å². The quantitative estimate of drug-likeness (QED) is 0.168. The van der Waals surface area contributed by atoms with Crippen LogP contribution in [0.15, 0.2) is 40.2 Å². The van der Waals surface area contributed by atoms with Crippen molar-refractivity contribution < 1.29 is 4.79 Å². The number of rotatable bonds is 9. The lowest BCUT2D eigenvalue weighted by molar-refractivity contribution is -0.127. The summed E-state index contributed by atoms with van der Waals surface area (Å²) in [6.45, 7) is 6.63. The van der Waals surface area contributed by atoms with Crippen LogP contribution in [-0.4, -0.2) is 80.3 Å². The largest absolute Gasteiger partial charge is 0.356 e. The molecular formula is C21H36IN5OS. The zero-order chi connectivity index (χ0) is 20.2. The highest BCUT2D eigenvalue weighted by atomic mass is 127. The lowest BCUT2D eigenvalue weighted by Gasteiger charge is -2.32. The summed E-state index contributed by atoms with van der Waals surface area (Å²) < 4.78 is 0. The first-order valence-electron chi connectivity index (χ1n) is 10.2. The van der Waals surface area contributed by atoms with E-state index in [0.29, 0.717) is 6.04 Å². The standard InChI is InChI=1S/C21H35N5OS.HI/c1-4-13-26-14-10-18(11-15-26)24-21(23-17-20(27)25(2)3)22-12-16-28-19-8-6-5-7-9-19;/h5-9,18H,4,10-17H2,1-3H3,(H2,22,23,24);1H. The number of guanidine groups is 1. The number of aliphatic imine (C=N–C) groups is 1. The molecule has 1 aliphatic rings. The number of nitrogens with zero attached hydrogens (tertiary/aromatic N) is 3. The molecule has 0 aromatic heterocycles. The molecule has 0 spiro atoms. The van der Waals surface area contributed by atoms with E-state index in [1.165, 1.54) is 17.9 Å². The van der Waals surface area contributed by atoms with Crippen LogP contribution in [0.2, 0.25) is 0 Å². The van der Waals surface area contributed by atoms with Crippen LogP contribution in [0.5, 0.6) is 0 Å². The summed E-state index contributed by atoms with van der Waals surface area (Å²) in [7, 11) is 3.52. The second-order valence-corrected chi connectivity index (χ2v) is 8.47. The highest BCUT2D eigenvalue weighted by Gasteiger charge is 2.19. The minimum absolute atomic E-state index is 0. The van der Waals surface area contributed by atoms with Crippen LogP contribution in [-0.2, 0) is 4.79 Å². The predicted octanol–water partition coefficient (Wildman–Crippen LogP) is 2.89. The first-order chi connectivity index (χ1) is 13.6. The third-order valence-corrected chi connectivity index (χ3v) is 5.76. The van der Waals surface area contributed by atoms with Gasteiger partial charge in [-0.25, -0.2) is 4.99 Å². The molecule has 2 rings (SSSR count). The fraction of sp³-hybridized carbons (Fsp3) is 0.619. The third kappa shape index (κ3) is 10.5. The fourth-order valence-corrected chi connectivity index (χ4v) is 3.90. The normalized spacial score (nSPS) is 15.5. The summed E-state index contributed by atoms with van der Waals surface area (Å²) in [6, 6.07) is 10.8. The van der Waals surface area contributed by atoms with Crippen LogP contribution in [0.25, 0.3) is 0 Å². The van der Waals surface area contributed by atoms with E-state index in [0.717, 1.165) is 44.2 Å². The summed E-state index contributed by atoms with van der Waals surface area (Å²) in [6.07, 6.45) is 3.43. The average molecular weight is 534 g/mol. The number of hydrogen-bond donors (Lipinski definition) is 2. The van der Waals surface area contributed by atoms with Crippen molar-refractivity contribution in [3.05, 3.63) is 30.3 Å². The number of nitrogens with one attached hydrogen (secondary N) is 2. The van der Waals surface area contributed by atoms with E-state index < -0.39 is 0 Å². The minimum Gasteiger partial charge on any atom is -0.356 e. The monoisotopic (exact) mass is 533 g/mol. The second kappa shape index (κ2) is 14.9. The van der Waals surface area contributed by atoms with Gasteiger partial charge in [0.1, 0.15) is 6.54 Å². The average Bonchev–Trinajstić information content (AvgIpc) is 2.71. The number of amides is 1. The van der Waals surface area contributed by atoms with Gasteiger partial charge in [-0.05, 0) is 37.9 Å². The minimum atomic E-state index is 0. The molecule has 1 aromatic carbocycles. The Bertz CT molecular complexity index is 606. The third-order valence-electron chi connectivity index (χ3n) is 4.75. The number of carbonyl (C=O) groups excluding carboxylic acids is 1. The molecule has 29 heavy (non-hydrogen) atoms. The Morgan fingerprint density at radius 2 is 1.93 bits per heavy atom. The number of piperidine rings is 1. The van der Waals surface area contributed by atoms with Crippen molar-refractivity contribution in [2.24, 2.45) is 4.99 Å². The molecule has 0 atom stereocenters. The SMILES string of the molecule is CCCN1CCC(NC(=NCC(=O)N(C)C)NCCSc2ccccc2)CC1.I. The van der Waals surface area contributed by atoms with Gasteiger partial charge >= 0.3 is 0 Å². The number of thioether (sulfide) groups is 1. The van der Waals surface area contributed by atoms with Crippen LogP contribution in [0, 0.1) is 0 Å². The first kappa shape index (κ1) is 26.0. The van der Waals surface area contributed by atoms with Crippen molar-refractivity contribution in [3.8, 4) is 0 Å². The van der Waals surface area contributed by atoms with E-state index in [1.807, 2.05) is 17.8 Å². The lowest BCUT2D eigenvalue weighted by atomic mass is 10.1. The summed E-state index contributed by atoms with van der Waals surface area (Å²) >= 11 is 1.82. The van der Waals surface area contributed by atoms with E-state index in [9.17, 15) is 4.79 Å². The molecule has 6 nitrogen and oxygen atoms in total. The number of halogens is 1. The number of benzene rings is 1. The zero-order valence-electron chi connectivity index (χ0n) is 17.9. The van der Waals surface area contributed by atoms with E-state index in [4.69, 9.17) is 0 Å². The molecule has 0 aliphatic carbocycles. The van der Waals surface area contributed by atoms with Gasteiger partial charge < -0.3 is 20.4 Å². The van der Waals surface area contributed by atoms with Crippen molar-refractivity contribution >= 4 is 47.6 Å². The second-order valence-electron chi connectivity index (χ2n) is 7.30. The molecule has 2 N–H and O–H groups in total. The smallest absolute Gasteiger partial charge is 0.243 e. The van der Waals surface area contributed by atoms with Gasteiger partial charge in [0.15, 0.2) is 5.96 Å². The Kier molecular flexibility index (Phi) is 13.4. The maximum Gasteiger partial charge on any atom is 0.243 e. The molecule has 1 heterocycles.